The summed E-state index contributed by atoms with van der Waals surface area (Å²) in [7, 11) is 0. The van der Waals surface area contributed by atoms with E-state index in [1.807, 2.05) is 6.92 Å². The first-order valence-electron chi connectivity index (χ1n) is 29.7. The largest absolute Gasteiger partial charge is 0.506 e. The minimum Gasteiger partial charge on any atom is -0.506 e. The molecule has 5 rings (SSSR count). The molecule has 26 atom stereocenters. The second kappa shape index (κ2) is 32.5. The van der Waals surface area contributed by atoms with E-state index in [-0.39, 0.29) is 31.6 Å². The number of carbonyl (C=O) groups excluding carboxylic acids is 1. The van der Waals surface area contributed by atoms with E-state index in [0.717, 1.165) is 6.08 Å². The van der Waals surface area contributed by atoms with Gasteiger partial charge in [0.05, 0.1) is 49.1 Å². The first-order chi connectivity index (χ1) is 41.7. The average Bonchev–Trinajstić information content (AvgIpc) is 1.64. The van der Waals surface area contributed by atoms with Gasteiger partial charge >= 0.3 is 5.97 Å². The Bertz CT molecular complexity index is 2360. The molecule has 21 unspecified atom stereocenters. The van der Waals surface area contributed by atoms with Gasteiger partial charge in [0.25, 0.3) is 12.6 Å². The SMILES string of the molecule is C=C1C[C@@]23CCC4[C@](C)(C(=O)OC(O)/C(OC5OC(CO)C(O)C(O)C5O)=C(/O)C(O)CCO)CCC[C@@]4(C)[C@@H]2CC[C@]1(OC(O)/C(OC(O)C(O)C(O)C(O)CCO)=C(\OC(O)/C(O)=C/C(CO)C(C)O)C(O)CCOC(O)C(O)C(O)C(O)CCO)C3. The van der Waals surface area contributed by atoms with Crippen LogP contribution >= 0.6 is 0 Å². The van der Waals surface area contributed by atoms with Gasteiger partial charge in [0.2, 0.25) is 24.6 Å². The van der Waals surface area contributed by atoms with Crippen LogP contribution in [0.15, 0.2) is 47.0 Å². The molecule has 0 amide bonds. The Hall–Kier alpha value is -3.57. The minimum absolute atomic E-state index is 0.0562. The number of aliphatic hydroxyl groups is 24. The third kappa shape index (κ3) is 17.1. The molecule has 1 saturated heterocycles. The van der Waals surface area contributed by atoms with E-state index in [0.29, 0.717) is 37.7 Å². The van der Waals surface area contributed by atoms with Crippen molar-refractivity contribution in [1.29, 1.82) is 0 Å². The summed E-state index contributed by atoms with van der Waals surface area (Å²) in [5.74, 6) is -8.63. The number of hydrogen-bond donors (Lipinski definition) is 24. The van der Waals surface area contributed by atoms with Gasteiger partial charge in [-0.2, -0.15) is 0 Å². The lowest BCUT2D eigenvalue weighted by molar-refractivity contribution is -0.299. The molecule has 0 aromatic heterocycles. The highest BCUT2D eigenvalue weighted by Gasteiger charge is 2.69. The second-order valence-electron chi connectivity index (χ2n) is 24.7. The van der Waals surface area contributed by atoms with Crippen molar-refractivity contribution in [2.75, 3.05) is 39.6 Å². The van der Waals surface area contributed by atoms with E-state index >= 15 is 0 Å². The van der Waals surface area contributed by atoms with Crippen LogP contribution in [-0.2, 0) is 38.0 Å². The Balaban J connectivity index is 1.50. The van der Waals surface area contributed by atoms with Crippen LogP contribution in [0.2, 0.25) is 0 Å². The second-order valence-corrected chi connectivity index (χ2v) is 24.7. The van der Waals surface area contributed by atoms with Crippen LogP contribution in [0.3, 0.4) is 0 Å². The zero-order chi connectivity index (χ0) is 66.8. The summed E-state index contributed by atoms with van der Waals surface area (Å²) in [5.41, 5.74) is -3.93. The fourth-order valence-corrected chi connectivity index (χ4v) is 13.8. The van der Waals surface area contributed by atoms with Crippen molar-refractivity contribution < 1.29 is 161 Å². The van der Waals surface area contributed by atoms with Crippen LogP contribution in [-0.4, -0.2) is 291 Å². The fraction of sp³-hybridized carbons (Fsp3) is 0.842. The number of rotatable bonds is 35. The quantitative estimate of drug-likeness (QED) is 0.0122. The third-order valence-corrected chi connectivity index (χ3v) is 18.8. The summed E-state index contributed by atoms with van der Waals surface area (Å²) < 4.78 is 39.5. The number of aliphatic hydroxyl groups excluding tert-OH is 24. The fourth-order valence-electron chi connectivity index (χ4n) is 13.8. The molecule has 0 aromatic carbocycles. The highest BCUT2D eigenvalue weighted by molar-refractivity contribution is 5.77. The summed E-state index contributed by atoms with van der Waals surface area (Å²) >= 11 is 0. The molecule has 89 heavy (non-hydrogen) atoms. The Morgan fingerprint density at radius 3 is 1.82 bits per heavy atom. The molecular formula is C57H96O32. The molecule has 5 fully saturated rings. The number of ether oxygens (including phenoxy) is 7. The van der Waals surface area contributed by atoms with E-state index in [9.17, 15) is 122 Å². The van der Waals surface area contributed by atoms with Gasteiger partial charge in [-0.1, -0.05) is 19.9 Å². The van der Waals surface area contributed by atoms with Crippen molar-refractivity contribution in [3.05, 3.63) is 47.0 Å². The molecule has 516 valence electrons. The normalized spacial score (nSPS) is 34.6. The lowest BCUT2D eigenvalue weighted by Crippen LogP contribution is -2.60. The van der Waals surface area contributed by atoms with E-state index < -0.39 is 251 Å². The lowest BCUT2D eigenvalue weighted by Gasteiger charge is -2.64. The molecule has 24 N–H and O–H groups in total. The molecule has 32 nitrogen and oxygen atoms in total. The summed E-state index contributed by atoms with van der Waals surface area (Å²) in [4.78, 5) is 14.7. The molecule has 1 spiro atoms. The maximum absolute atomic E-state index is 14.7. The van der Waals surface area contributed by atoms with Crippen LogP contribution in [0.1, 0.15) is 104 Å². The molecule has 4 aliphatic carbocycles. The summed E-state index contributed by atoms with van der Waals surface area (Å²) in [6.07, 6.45) is -39.3. The molecule has 32 heteroatoms. The average molecular weight is 1290 g/mol. The first-order valence-corrected chi connectivity index (χ1v) is 29.7. The Morgan fingerprint density at radius 1 is 0.652 bits per heavy atom. The van der Waals surface area contributed by atoms with Crippen LogP contribution in [0.5, 0.6) is 0 Å². The van der Waals surface area contributed by atoms with Crippen molar-refractivity contribution in [2.45, 2.75) is 227 Å². The Kier molecular flexibility index (Phi) is 27.8. The summed E-state index contributed by atoms with van der Waals surface area (Å²) in [5, 5.41) is 254. The van der Waals surface area contributed by atoms with E-state index in [1.165, 1.54) is 6.92 Å². The van der Waals surface area contributed by atoms with Gasteiger partial charge < -0.3 is 156 Å². The molecule has 1 aliphatic heterocycles. The third-order valence-electron chi connectivity index (χ3n) is 18.8. The predicted octanol–water partition coefficient (Wildman–Crippen LogP) is -6.07. The van der Waals surface area contributed by atoms with Gasteiger partial charge in [0, 0.05) is 38.6 Å². The van der Waals surface area contributed by atoms with Crippen molar-refractivity contribution in [1.82, 2.24) is 0 Å². The lowest BCUT2D eigenvalue weighted by atomic mass is 9.41. The van der Waals surface area contributed by atoms with Crippen molar-refractivity contribution in [3.63, 3.8) is 0 Å². The topological polar surface area (TPSA) is 567 Å². The van der Waals surface area contributed by atoms with Gasteiger partial charge in [-0.3, -0.25) is 4.79 Å². The molecule has 0 radical (unpaired) electrons. The summed E-state index contributed by atoms with van der Waals surface area (Å²) in [6.45, 7) is 4.72. The smallest absolute Gasteiger partial charge is 0.314 e. The van der Waals surface area contributed by atoms with E-state index in [2.05, 4.69) is 6.58 Å². The molecule has 5 aliphatic rings. The van der Waals surface area contributed by atoms with Crippen molar-refractivity contribution in [2.24, 2.45) is 34.0 Å². The number of carbonyl (C=O) groups is 1. The highest BCUT2D eigenvalue weighted by atomic mass is 16.7. The Labute approximate surface area is 512 Å². The standard InChI is InChI=1S/C57H96O32/c1-25-21-56-14-6-34-54(3,12-5-13-55(34,4)53(82)88-50(80)45(38(71)30(66)10-18-60)87-52-43(76)40(73)39(72)33(23-62)84-52)35(56)7-15-57(25,24-56)89-51(81)46(86-49(79)42(75)37(70)29(65)9-17-59)44(85-47(77)32(68)20-27(22-61)26(2)63)31(67)11-19-83-48(78)41(74)36(69)28(64)8-16-58/h20,26-31,33-37,39-43,47-52,58-81H,1,5-19,21-24H2,2-4H3/b32-20-,45-38-,46-44+/t26?,27?,28?,29?,30?,31?,33?,34?,35-,36?,37?,39?,40?,41?,42?,43?,47?,48?,49?,50?,51?,52?,54+,55+,56+,57-/m0/s1. The molecule has 0 aromatic rings. The molecule has 4 saturated carbocycles. The monoisotopic (exact) mass is 1290 g/mol. The van der Waals surface area contributed by atoms with Gasteiger partial charge in [-0.15, -0.1) is 0 Å². The highest BCUT2D eigenvalue weighted by Crippen LogP contribution is 2.73. The van der Waals surface area contributed by atoms with Gasteiger partial charge in [-0.05, 0) is 112 Å². The molecule has 1 heterocycles. The van der Waals surface area contributed by atoms with E-state index in [4.69, 9.17) is 38.3 Å². The molecular weight excluding hydrogens is 1200 g/mol. The molecule has 2 bridgehead atoms. The number of esters is 1. The van der Waals surface area contributed by atoms with Crippen LogP contribution in [0, 0.1) is 34.0 Å². The minimum atomic E-state index is -2.72. The van der Waals surface area contributed by atoms with Crippen LogP contribution in [0.4, 0.5) is 0 Å². The van der Waals surface area contributed by atoms with E-state index in [1.54, 1.807) is 6.92 Å². The maximum atomic E-state index is 14.7. The predicted molar refractivity (Wildman–Crippen MR) is 297 cm³/mol. The first kappa shape index (κ1) is 76.1. The van der Waals surface area contributed by atoms with Crippen molar-refractivity contribution >= 4 is 5.97 Å². The zero-order valence-electron chi connectivity index (χ0n) is 49.9. The van der Waals surface area contributed by atoms with Crippen LogP contribution < -0.4 is 0 Å². The van der Waals surface area contributed by atoms with Gasteiger partial charge in [-0.25, -0.2) is 0 Å². The van der Waals surface area contributed by atoms with Crippen molar-refractivity contribution in [3.8, 4) is 0 Å². The Morgan fingerprint density at radius 2 is 1.25 bits per heavy atom. The van der Waals surface area contributed by atoms with Gasteiger partial charge in [0.15, 0.2) is 29.3 Å². The zero-order valence-corrected chi connectivity index (χ0v) is 49.9. The number of hydrogen-bond acceptors (Lipinski definition) is 32. The maximum Gasteiger partial charge on any atom is 0.314 e. The van der Waals surface area contributed by atoms with Gasteiger partial charge in [0.1, 0.15) is 61.0 Å². The summed E-state index contributed by atoms with van der Waals surface area (Å²) in [6, 6.07) is 0. The van der Waals surface area contributed by atoms with Crippen LogP contribution in [0.25, 0.3) is 0 Å². The number of fused-ring (bicyclic) bond motifs is 3.